The van der Waals surface area contributed by atoms with Crippen molar-refractivity contribution in [1.29, 1.82) is 0 Å². The number of rotatable bonds is 7. The molecular formula is C32H34FNO6S. The summed E-state index contributed by atoms with van der Waals surface area (Å²) >= 11 is 1.64. The van der Waals surface area contributed by atoms with Gasteiger partial charge in [0.1, 0.15) is 12.4 Å². The summed E-state index contributed by atoms with van der Waals surface area (Å²) in [6.45, 7) is 9.95. The lowest BCUT2D eigenvalue weighted by Crippen LogP contribution is -2.33. The molecule has 1 atom stereocenters. The number of pyridine rings is 1. The number of carboxylic acid groups (broad SMARTS) is 1. The minimum atomic E-state index is -1.49. The number of ether oxygens (including phenoxy) is 3. The second-order valence-electron chi connectivity index (χ2n) is 11.4. The number of aromatic nitrogens is 1. The largest absolute Gasteiger partial charge is 0.490 e. The lowest BCUT2D eigenvalue weighted by Gasteiger charge is -2.29. The molecule has 0 radical (unpaired) electrons. The second-order valence-corrected chi connectivity index (χ2v) is 12.7. The van der Waals surface area contributed by atoms with E-state index in [0.717, 1.165) is 22.4 Å². The number of carboxylic acids is 1. The van der Waals surface area contributed by atoms with Crippen LogP contribution < -0.4 is 15.0 Å². The van der Waals surface area contributed by atoms with Crippen LogP contribution in [0.25, 0.3) is 21.9 Å². The third-order valence-electron chi connectivity index (χ3n) is 7.24. The van der Waals surface area contributed by atoms with E-state index in [1.165, 1.54) is 22.6 Å². The molecule has 1 aliphatic rings. The van der Waals surface area contributed by atoms with Crippen molar-refractivity contribution in [3.63, 3.8) is 0 Å². The first-order chi connectivity index (χ1) is 19.4. The second kappa shape index (κ2) is 10.9. The van der Waals surface area contributed by atoms with Crippen molar-refractivity contribution < 1.29 is 28.5 Å². The Morgan fingerprint density at radius 3 is 2.59 bits per heavy atom. The molecule has 5 rings (SSSR count). The molecule has 9 heteroatoms. The van der Waals surface area contributed by atoms with Crippen LogP contribution in [0.1, 0.15) is 59.9 Å². The standard InChI is InChI=1S/C32H34FNO6S/c1-17-9-11-20(41-17)16-39-19-10-12-22-24(14-19)30(35)34(6)27(29(31(36)37)40-32(3,4)5)26(22)23-15-25(33)28-21(18(23)2)8-7-13-38-28/h9-12,14-15,29H,7-8,13,16H2,1-6H3,(H,36,37)/t29-/m0/s1. The fraction of sp³-hybridized carbons (Fsp3) is 0.375. The van der Waals surface area contributed by atoms with E-state index in [-0.39, 0.29) is 11.4 Å². The molecule has 7 nitrogen and oxygen atoms in total. The van der Waals surface area contributed by atoms with Crippen molar-refractivity contribution in [2.45, 2.75) is 65.8 Å². The maximum Gasteiger partial charge on any atom is 0.339 e. The zero-order chi connectivity index (χ0) is 29.6. The maximum atomic E-state index is 15.5. The van der Waals surface area contributed by atoms with Crippen LogP contribution in [-0.2, 0) is 29.6 Å². The smallest absolute Gasteiger partial charge is 0.339 e. The lowest BCUT2D eigenvalue weighted by molar-refractivity contribution is -0.161. The van der Waals surface area contributed by atoms with Crippen LogP contribution in [0, 0.1) is 19.7 Å². The van der Waals surface area contributed by atoms with Crippen molar-refractivity contribution in [3.05, 3.63) is 79.1 Å². The number of hydrogen-bond donors (Lipinski definition) is 1. The molecule has 0 amide bonds. The van der Waals surface area contributed by atoms with Gasteiger partial charge in [0.15, 0.2) is 17.7 Å². The van der Waals surface area contributed by atoms with E-state index in [9.17, 15) is 14.7 Å². The molecule has 1 aliphatic heterocycles. The maximum absolute atomic E-state index is 15.5. The average molecular weight is 580 g/mol. The monoisotopic (exact) mass is 579 g/mol. The van der Waals surface area contributed by atoms with Gasteiger partial charge >= 0.3 is 5.97 Å². The Balaban J connectivity index is 1.78. The normalized spacial score (nSPS) is 14.0. The summed E-state index contributed by atoms with van der Waals surface area (Å²) in [7, 11) is 1.53. The molecule has 1 N–H and O–H groups in total. The molecule has 41 heavy (non-hydrogen) atoms. The van der Waals surface area contributed by atoms with Crippen molar-refractivity contribution >= 4 is 28.1 Å². The van der Waals surface area contributed by atoms with Crippen molar-refractivity contribution in [3.8, 4) is 22.6 Å². The molecule has 0 bridgehead atoms. The Bertz CT molecular complexity index is 1710. The minimum Gasteiger partial charge on any atom is -0.490 e. The third kappa shape index (κ3) is 5.61. The Hall–Kier alpha value is -3.69. The summed E-state index contributed by atoms with van der Waals surface area (Å²) in [4.78, 5) is 28.7. The van der Waals surface area contributed by atoms with Crippen LogP contribution in [0.5, 0.6) is 11.5 Å². The number of aliphatic carboxylic acids is 1. The summed E-state index contributed by atoms with van der Waals surface area (Å²) in [6, 6.07) is 10.6. The Morgan fingerprint density at radius 1 is 1.17 bits per heavy atom. The quantitative estimate of drug-likeness (QED) is 0.257. The average Bonchev–Trinajstić information content (AvgIpc) is 3.35. The Kier molecular flexibility index (Phi) is 7.70. The first-order valence-corrected chi connectivity index (χ1v) is 14.4. The molecule has 0 unspecified atom stereocenters. The van der Waals surface area contributed by atoms with Crippen LogP contribution in [0.4, 0.5) is 4.39 Å². The molecule has 3 heterocycles. The summed E-state index contributed by atoms with van der Waals surface area (Å²) in [5.74, 6) is -1.04. The van der Waals surface area contributed by atoms with Crippen LogP contribution >= 0.6 is 11.3 Å². The van der Waals surface area contributed by atoms with Crippen LogP contribution in [0.3, 0.4) is 0 Å². The third-order valence-corrected chi connectivity index (χ3v) is 8.21. The highest BCUT2D eigenvalue weighted by Gasteiger charge is 2.34. The van der Waals surface area contributed by atoms with E-state index in [1.54, 1.807) is 50.3 Å². The number of hydrogen-bond acceptors (Lipinski definition) is 6. The molecule has 216 valence electrons. The first-order valence-electron chi connectivity index (χ1n) is 13.6. The van der Waals surface area contributed by atoms with E-state index in [1.807, 2.05) is 26.0 Å². The number of nitrogens with zero attached hydrogens (tertiary/aromatic N) is 1. The van der Waals surface area contributed by atoms with Gasteiger partial charge in [0.2, 0.25) is 0 Å². The number of carbonyl (C=O) groups is 1. The number of aryl methyl sites for hydroxylation is 1. The molecule has 2 aromatic carbocycles. The zero-order valence-electron chi connectivity index (χ0n) is 24.1. The highest BCUT2D eigenvalue weighted by molar-refractivity contribution is 7.11. The Morgan fingerprint density at radius 2 is 1.93 bits per heavy atom. The van der Waals surface area contributed by atoms with E-state index in [4.69, 9.17) is 14.2 Å². The van der Waals surface area contributed by atoms with E-state index in [0.29, 0.717) is 47.3 Å². The fourth-order valence-corrected chi connectivity index (χ4v) is 6.21. The van der Waals surface area contributed by atoms with Gasteiger partial charge < -0.3 is 23.9 Å². The van der Waals surface area contributed by atoms with Gasteiger partial charge in [-0.05, 0) is 100 Å². The molecular weight excluding hydrogens is 545 g/mol. The SMILES string of the molecule is Cc1ccc(COc2ccc3c(-c4cc(F)c5c(c4C)CCCO5)c([C@H](OC(C)(C)C)C(=O)O)n(C)c(=O)c3c2)s1. The van der Waals surface area contributed by atoms with Gasteiger partial charge in [0.25, 0.3) is 5.56 Å². The highest BCUT2D eigenvalue weighted by Crippen LogP contribution is 2.43. The highest BCUT2D eigenvalue weighted by atomic mass is 32.1. The summed E-state index contributed by atoms with van der Waals surface area (Å²) in [6.07, 6.45) is -0.112. The van der Waals surface area contributed by atoms with E-state index in [2.05, 4.69) is 0 Å². The summed E-state index contributed by atoms with van der Waals surface area (Å²) in [5, 5.41) is 11.2. The van der Waals surface area contributed by atoms with Gasteiger partial charge in [-0.2, -0.15) is 0 Å². The molecule has 2 aromatic heterocycles. The first kappa shape index (κ1) is 28.8. The molecule has 0 fully saturated rings. The number of halogens is 1. The van der Waals surface area contributed by atoms with Crippen molar-refractivity contribution in [2.75, 3.05) is 6.61 Å². The topological polar surface area (TPSA) is 87.0 Å². The number of fused-ring (bicyclic) bond motifs is 2. The van der Waals surface area contributed by atoms with Crippen LogP contribution in [0.2, 0.25) is 0 Å². The van der Waals surface area contributed by atoms with E-state index >= 15 is 4.39 Å². The molecule has 0 aliphatic carbocycles. The van der Waals surface area contributed by atoms with Crippen molar-refractivity contribution in [1.82, 2.24) is 4.57 Å². The Labute approximate surface area is 242 Å². The lowest BCUT2D eigenvalue weighted by atomic mass is 9.87. The molecule has 0 saturated heterocycles. The van der Waals surface area contributed by atoms with Gasteiger partial charge in [-0.25, -0.2) is 9.18 Å². The predicted molar refractivity (Wildman–Crippen MR) is 158 cm³/mol. The van der Waals surface area contributed by atoms with Gasteiger partial charge in [-0.3, -0.25) is 4.79 Å². The minimum absolute atomic E-state index is 0.145. The van der Waals surface area contributed by atoms with Crippen molar-refractivity contribution in [2.24, 2.45) is 7.05 Å². The summed E-state index contributed by atoms with van der Waals surface area (Å²) in [5.41, 5.74) is 1.35. The number of thiophene rings is 1. The van der Waals surface area contributed by atoms with Gasteiger partial charge in [0, 0.05) is 27.9 Å². The predicted octanol–water partition coefficient (Wildman–Crippen LogP) is 6.87. The summed E-state index contributed by atoms with van der Waals surface area (Å²) < 4.78 is 34.5. The fourth-order valence-electron chi connectivity index (χ4n) is 5.41. The van der Waals surface area contributed by atoms with Gasteiger partial charge in [-0.1, -0.05) is 0 Å². The van der Waals surface area contributed by atoms with Gasteiger partial charge in [0.05, 0.1) is 23.3 Å². The van der Waals surface area contributed by atoms with Crippen LogP contribution in [-0.4, -0.2) is 27.9 Å². The van der Waals surface area contributed by atoms with E-state index < -0.39 is 29.1 Å². The zero-order valence-corrected chi connectivity index (χ0v) is 24.9. The number of benzene rings is 2. The molecule has 0 spiro atoms. The molecule has 4 aromatic rings. The molecule has 0 saturated carbocycles. The van der Waals surface area contributed by atoms with Gasteiger partial charge in [-0.15, -0.1) is 11.3 Å². The van der Waals surface area contributed by atoms with Crippen LogP contribution in [0.15, 0.2) is 41.2 Å².